The summed E-state index contributed by atoms with van der Waals surface area (Å²) in [5, 5.41) is 0. The molecule has 1 aromatic rings. The number of halogens is 1. The van der Waals surface area contributed by atoms with Crippen LogP contribution in [0, 0.1) is 6.92 Å². The van der Waals surface area contributed by atoms with Gasteiger partial charge >= 0.3 is 70.4 Å². The Bertz CT molecular complexity index is 260. The summed E-state index contributed by atoms with van der Waals surface area (Å²) >= 11 is -0.500. The van der Waals surface area contributed by atoms with Gasteiger partial charge in [0.25, 0.3) is 0 Å². The van der Waals surface area contributed by atoms with Crippen molar-refractivity contribution >= 4 is 0 Å². The normalized spacial score (nSPS) is 14.5. The second-order valence-electron chi connectivity index (χ2n) is 2.17. The summed E-state index contributed by atoms with van der Waals surface area (Å²) in [5.41, 5.74) is 1.22. The zero-order valence-corrected chi connectivity index (χ0v) is 7.58. The third-order valence-electron chi connectivity index (χ3n) is 1.33. The molecule has 0 bridgehead atoms. The van der Waals surface area contributed by atoms with Gasteiger partial charge < -0.3 is 0 Å². The minimum atomic E-state index is -0.500. The standard InChI is InChI=1S/C7H6IO2/c1-5-2-3-6-7(4-5)10-8-9-6/h2-4H,1H3/q-1. The van der Waals surface area contributed by atoms with Gasteiger partial charge in [-0.25, -0.2) is 0 Å². The molecule has 0 amide bonds. The molecule has 0 spiro atoms. The molecule has 0 N–H and O–H groups in total. The summed E-state index contributed by atoms with van der Waals surface area (Å²) in [6.45, 7) is 2.04. The predicted molar refractivity (Wildman–Crippen MR) is 32.4 cm³/mol. The summed E-state index contributed by atoms with van der Waals surface area (Å²) in [5.74, 6) is 1.81. The van der Waals surface area contributed by atoms with E-state index in [1.54, 1.807) is 0 Å². The predicted octanol–water partition coefficient (Wildman–Crippen LogP) is -1.31. The Balaban J connectivity index is 2.52. The molecule has 0 unspecified atom stereocenters. The van der Waals surface area contributed by atoms with Crippen LogP contribution in [0.1, 0.15) is 5.56 Å². The van der Waals surface area contributed by atoms with Crippen molar-refractivity contribution in [3.8, 4) is 11.5 Å². The maximum absolute atomic E-state index is 5.27. The summed E-state index contributed by atoms with van der Waals surface area (Å²) in [6, 6.07) is 5.98. The van der Waals surface area contributed by atoms with Gasteiger partial charge in [-0.1, -0.05) is 0 Å². The first-order valence-electron chi connectivity index (χ1n) is 2.95. The molecule has 0 atom stereocenters. The van der Waals surface area contributed by atoms with Crippen molar-refractivity contribution in [2.45, 2.75) is 6.92 Å². The number of fused-ring (bicyclic) bond motifs is 1. The van der Waals surface area contributed by atoms with Crippen LogP contribution < -0.4 is 28.2 Å². The number of benzene rings is 1. The molecule has 1 aliphatic heterocycles. The SMILES string of the molecule is Cc1ccc2c(c1)O[I-]O2. The van der Waals surface area contributed by atoms with E-state index in [1.165, 1.54) is 5.56 Å². The number of aryl methyl sites for hydroxylation is 1. The zero-order chi connectivity index (χ0) is 6.97. The second kappa shape index (κ2) is 2.30. The zero-order valence-electron chi connectivity index (χ0n) is 5.43. The van der Waals surface area contributed by atoms with E-state index in [2.05, 4.69) is 0 Å². The third-order valence-corrected chi connectivity index (χ3v) is 2.64. The van der Waals surface area contributed by atoms with Crippen LogP contribution >= 0.6 is 0 Å². The summed E-state index contributed by atoms with van der Waals surface area (Å²) in [7, 11) is 0. The molecule has 1 heterocycles. The van der Waals surface area contributed by atoms with E-state index in [1.807, 2.05) is 25.1 Å². The molecule has 2 rings (SSSR count). The Morgan fingerprint density at radius 2 is 2.00 bits per heavy atom. The van der Waals surface area contributed by atoms with Crippen LogP contribution in [0.2, 0.25) is 0 Å². The minimum absolute atomic E-state index is 0.500. The Morgan fingerprint density at radius 3 is 2.90 bits per heavy atom. The van der Waals surface area contributed by atoms with Crippen LogP contribution in [0.3, 0.4) is 0 Å². The van der Waals surface area contributed by atoms with Gasteiger partial charge in [-0.3, -0.25) is 0 Å². The van der Waals surface area contributed by atoms with Crippen LogP contribution in [0.15, 0.2) is 18.2 Å². The van der Waals surface area contributed by atoms with Crippen molar-refractivity contribution in [2.24, 2.45) is 0 Å². The van der Waals surface area contributed by atoms with Crippen LogP contribution in [-0.2, 0) is 0 Å². The van der Waals surface area contributed by atoms with Gasteiger partial charge in [-0.05, 0) is 0 Å². The average Bonchev–Trinajstić information content (AvgIpc) is 2.33. The van der Waals surface area contributed by atoms with Gasteiger partial charge in [0.15, 0.2) is 0 Å². The fraction of sp³-hybridized carbons (Fsp3) is 0.143. The second-order valence-corrected chi connectivity index (χ2v) is 3.41. The molecule has 0 saturated heterocycles. The Hall–Kier alpha value is -0.450. The van der Waals surface area contributed by atoms with Gasteiger partial charge in [-0.15, -0.1) is 0 Å². The molecule has 0 fully saturated rings. The number of hydrogen-bond donors (Lipinski definition) is 0. The van der Waals surface area contributed by atoms with Crippen molar-refractivity contribution in [3.63, 3.8) is 0 Å². The quantitative estimate of drug-likeness (QED) is 0.531. The number of rotatable bonds is 0. The van der Waals surface area contributed by atoms with E-state index < -0.39 is 22.0 Å². The first-order chi connectivity index (χ1) is 4.86. The van der Waals surface area contributed by atoms with Crippen molar-refractivity contribution in [2.75, 3.05) is 0 Å². The molecule has 3 heteroatoms. The van der Waals surface area contributed by atoms with E-state index in [9.17, 15) is 0 Å². The fourth-order valence-corrected chi connectivity index (χ4v) is 2.01. The van der Waals surface area contributed by atoms with E-state index in [-0.39, 0.29) is 0 Å². The molecular weight excluding hydrogens is 243 g/mol. The molecule has 0 aliphatic carbocycles. The first kappa shape index (κ1) is 6.27. The van der Waals surface area contributed by atoms with Crippen molar-refractivity contribution in [3.05, 3.63) is 23.8 Å². The van der Waals surface area contributed by atoms with E-state index in [0.29, 0.717) is 0 Å². The van der Waals surface area contributed by atoms with Crippen LogP contribution in [0.4, 0.5) is 0 Å². The van der Waals surface area contributed by atoms with Crippen LogP contribution in [0.5, 0.6) is 11.5 Å². The van der Waals surface area contributed by atoms with Gasteiger partial charge in [0, 0.05) is 0 Å². The Kier molecular flexibility index (Phi) is 1.44. The van der Waals surface area contributed by atoms with E-state index >= 15 is 0 Å². The molecular formula is C7H6IO2-. The molecule has 1 aliphatic rings. The van der Waals surface area contributed by atoms with Crippen LogP contribution in [-0.4, -0.2) is 0 Å². The first-order valence-corrected chi connectivity index (χ1v) is 4.72. The van der Waals surface area contributed by atoms with Gasteiger partial charge in [0.05, 0.1) is 0 Å². The number of hydrogen-bond acceptors (Lipinski definition) is 2. The molecule has 54 valence electrons. The van der Waals surface area contributed by atoms with Crippen LogP contribution in [0.25, 0.3) is 0 Å². The molecule has 1 aromatic carbocycles. The van der Waals surface area contributed by atoms with Crippen molar-refractivity contribution in [1.82, 2.24) is 0 Å². The fourth-order valence-electron chi connectivity index (χ4n) is 0.823. The van der Waals surface area contributed by atoms with Gasteiger partial charge in [0.2, 0.25) is 0 Å². The average molecular weight is 249 g/mol. The van der Waals surface area contributed by atoms with Crippen molar-refractivity contribution in [1.29, 1.82) is 0 Å². The maximum atomic E-state index is 5.27. The molecule has 0 saturated carbocycles. The summed E-state index contributed by atoms with van der Waals surface area (Å²) < 4.78 is 10.5. The van der Waals surface area contributed by atoms with Gasteiger partial charge in [0.1, 0.15) is 0 Å². The topological polar surface area (TPSA) is 18.5 Å². The molecule has 0 aromatic heterocycles. The monoisotopic (exact) mass is 249 g/mol. The molecule has 2 nitrogen and oxygen atoms in total. The summed E-state index contributed by atoms with van der Waals surface area (Å²) in [6.07, 6.45) is 0. The van der Waals surface area contributed by atoms with Gasteiger partial charge in [-0.2, -0.15) is 0 Å². The van der Waals surface area contributed by atoms with Crippen molar-refractivity contribution < 1.29 is 28.2 Å². The van der Waals surface area contributed by atoms with E-state index in [4.69, 9.17) is 6.13 Å². The Labute approximate surface area is 70.5 Å². The third kappa shape index (κ3) is 0.941. The molecule has 10 heavy (non-hydrogen) atoms. The van der Waals surface area contributed by atoms with E-state index in [0.717, 1.165) is 11.5 Å². The molecule has 0 radical (unpaired) electrons. The summed E-state index contributed by atoms with van der Waals surface area (Å²) in [4.78, 5) is 0. The Morgan fingerprint density at radius 1 is 1.20 bits per heavy atom.